The lowest BCUT2D eigenvalue weighted by Crippen LogP contribution is -2.13. The highest BCUT2D eigenvalue weighted by Crippen LogP contribution is 2.15. The lowest BCUT2D eigenvalue weighted by molar-refractivity contribution is -0.116. The van der Waals surface area contributed by atoms with Gasteiger partial charge in [0.25, 0.3) is 0 Å². The van der Waals surface area contributed by atoms with Gasteiger partial charge in [-0.25, -0.2) is 0 Å². The first kappa shape index (κ1) is 13.6. The standard InChI is InChI=1S/C16H16ClNO/c1-12-5-2-3-8-15(12)18-16(19)10-9-13-6-4-7-14(17)11-13/h2-8,11H,9-10H2,1H3,(H,18,19). The van der Waals surface area contributed by atoms with Crippen molar-refractivity contribution in [3.63, 3.8) is 0 Å². The van der Waals surface area contributed by atoms with Gasteiger partial charge in [-0.1, -0.05) is 41.9 Å². The van der Waals surface area contributed by atoms with E-state index in [9.17, 15) is 4.79 Å². The van der Waals surface area contributed by atoms with Crippen LogP contribution in [-0.4, -0.2) is 5.91 Å². The van der Waals surface area contributed by atoms with E-state index in [-0.39, 0.29) is 5.91 Å². The maximum absolute atomic E-state index is 11.9. The summed E-state index contributed by atoms with van der Waals surface area (Å²) in [5.74, 6) is 0.0225. The summed E-state index contributed by atoms with van der Waals surface area (Å²) in [6.45, 7) is 1.98. The van der Waals surface area contributed by atoms with Crippen molar-refractivity contribution in [2.45, 2.75) is 19.8 Å². The third-order valence-corrected chi connectivity index (χ3v) is 3.18. The number of amides is 1. The molecule has 2 rings (SSSR count). The topological polar surface area (TPSA) is 29.1 Å². The molecule has 1 N–H and O–H groups in total. The maximum Gasteiger partial charge on any atom is 0.224 e. The first-order valence-corrected chi connectivity index (χ1v) is 6.63. The second kappa shape index (κ2) is 6.39. The van der Waals surface area contributed by atoms with Gasteiger partial charge in [0.05, 0.1) is 0 Å². The monoisotopic (exact) mass is 273 g/mol. The Morgan fingerprint density at radius 1 is 1.16 bits per heavy atom. The van der Waals surface area contributed by atoms with Crippen molar-refractivity contribution in [2.75, 3.05) is 5.32 Å². The Bertz CT molecular complexity index is 580. The van der Waals surface area contributed by atoms with Crippen LogP contribution in [0.2, 0.25) is 5.02 Å². The summed E-state index contributed by atoms with van der Waals surface area (Å²) in [4.78, 5) is 11.9. The molecule has 0 aliphatic carbocycles. The number of para-hydroxylation sites is 1. The van der Waals surface area contributed by atoms with Crippen LogP contribution in [0.1, 0.15) is 17.5 Å². The highest BCUT2D eigenvalue weighted by atomic mass is 35.5. The van der Waals surface area contributed by atoms with Crippen LogP contribution in [0.4, 0.5) is 5.69 Å². The normalized spacial score (nSPS) is 10.2. The summed E-state index contributed by atoms with van der Waals surface area (Å²) >= 11 is 5.91. The van der Waals surface area contributed by atoms with E-state index >= 15 is 0 Å². The summed E-state index contributed by atoms with van der Waals surface area (Å²) in [7, 11) is 0. The van der Waals surface area contributed by atoms with E-state index in [1.807, 2.05) is 55.5 Å². The van der Waals surface area contributed by atoms with Crippen LogP contribution in [0.5, 0.6) is 0 Å². The number of aryl methyl sites for hydroxylation is 2. The quantitative estimate of drug-likeness (QED) is 0.888. The van der Waals surface area contributed by atoms with E-state index in [4.69, 9.17) is 11.6 Å². The molecule has 0 heterocycles. The summed E-state index contributed by atoms with van der Waals surface area (Å²) < 4.78 is 0. The molecular formula is C16H16ClNO. The van der Waals surface area contributed by atoms with Crippen LogP contribution in [-0.2, 0) is 11.2 Å². The number of anilines is 1. The predicted octanol–water partition coefficient (Wildman–Crippen LogP) is 4.22. The Morgan fingerprint density at radius 2 is 1.95 bits per heavy atom. The number of benzene rings is 2. The first-order chi connectivity index (χ1) is 9.15. The predicted molar refractivity (Wildman–Crippen MR) is 79.6 cm³/mol. The van der Waals surface area contributed by atoms with Gasteiger partial charge in [0, 0.05) is 17.1 Å². The largest absolute Gasteiger partial charge is 0.326 e. The Kier molecular flexibility index (Phi) is 4.58. The molecule has 0 atom stereocenters. The first-order valence-electron chi connectivity index (χ1n) is 6.25. The third-order valence-electron chi connectivity index (χ3n) is 2.95. The van der Waals surface area contributed by atoms with Gasteiger partial charge in [-0.15, -0.1) is 0 Å². The van der Waals surface area contributed by atoms with Crippen LogP contribution < -0.4 is 5.32 Å². The number of hydrogen-bond donors (Lipinski definition) is 1. The molecule has 3 heteroatoms. The van der Waals surface area contributed by atoms with Crippen LogP contribution >= 0.6 is 11.6 Å². The highest BCUT2D eigenvalue weighted by Gasteiger charge is 2.05. The molecule has 0 aliphatic rings. The van der Waals surface area contributed by atoms with Crippen molar-refractivity contribution in [3.05, 3.63) is 64.7 Å². The average molecular weight is 274 g/mol. The molecule has 2 nitrogen and oxygen atoms in total. The van der Waals surface area contributed by atoms with Crippen molar-refractivity contribution >= 4 is 23.2 Å². The Labute approximate surface area is 118 Å². The average Bonchev–Trinajstić information content (AvgIpc) is 2.39. The van der Waals surface area contributed by atoms with Crippen LogP contribution in [0.15, 0.2) is 48.5 Å². The van der Waals surface area contributed by atoms with Gasteiger partial charge in [-0.2, -0.15) is 0 Å². The molecular weight excluding hydrogens is 258 g/mol. The number of carbonyl (C=O) groups is 1. The number of carbonyl (C=O) groups excluding carboxylic acids is 1. The van der Waals surface area contributed by atoms with E-state index in [0.29, 0.717) is 17.9 Å². The van der Waals surface area contributed by atoms with Crippen molar-refractivity contribution in [1.82, 2.24) is 0 Å². The SMILES string of the molecule is Cc1ccccc1NC(=O)CCc1cccc(Cl)c1. The summed E-state index contributed by atoms with van der Waals surface area (Å²) in [5, 5.41) is 3.63. The van der Waals surface area contributed by atoms with Gasteiger partial charge >= 0.3 is 0 Å². The Hall–Kier alpha value is -1.80. The minimum Gasteiger partial charge on any atom is -0.326 e. The fourth-order valence-corrected chi connectivity index (χ4v) is 2.09. The zero-order valence-electron chi connectivity index (χ0n) is 10.8. The molecule has 0 aromatic heterocycles. The van der Waals surface area contributed by atoms with Gasteiger partial charge in [-0.05, 0) is 42.7 Å². The summed E-state index contributed by atoms with van der Waals surface area (Å²) in [6.07, 6.45) is 1.15. The smallest absolute Gasteiger partial charge is 0.224 e. The molecule has 0 fully saturated rings. The number of hydrogen-bond acceptors (Lipinski definition) is 1. The van der Waals surface area contributed by atoms with Crippen molar-refractivity contribution in [2.24, 2.45) is 0 Å². The van der Waals surface area contributed by atoms with Gasteiger partial charge in [0.2, 0.25) is 5.91 Å². The third kappa shape index (κ3) is 4.11. The fourth-order valence-electron chi connectivity index (χ4n) is 1.88. The lowest BCUT2D eigenvalue weighted by Gasteiger charge is -2.08. The second-order valence-corrected chi connectivity index (χ2v) is 4.93. The van der Waals surface area contributed by atoms with Gasteiger partial charge in [-0.3, -0.25) is 4.79 Å². The molecule has 1 amide bonds. The zero-order valence-corrected chi connectivity index (χ0v) is 11.6. The Morgan fingerprint density at radius 3 is 2.68 bits per heavy atom. The number of rotatable bonds is 4. The highest BCUT2D eigenvalue weighted by molar-refractivity contribution is 6.30. The van der Waals surface area contributed by atoms with Crippen LogP contribution in [0.25, 0.3) is 0 Å². The Balaban J connectivity index is 1.90. The molecule has 0 saturated heterocycles. The second-order valence-electron chi connectivity index (χ2n) is 4.49. The fraction of sp³-hybridized carbons (Fsp3) is 0.188. The van der Waals surface area contributed by atoms with E-state index in [1.165, 1.54) is 0 Å². The van der Waals surface area contributed by atoms with Crippen molar-refractivity contribution in [1.29, 1.82) is 0 Å². The molecule has 0 bridgehead atoms. The minimum absolute atomic E-state index is 0.0225. The van der Waals surface area contributed by atoms with Crippen LogP contribution in [0.3, 0.4) is 0 Å². The zero-order chi connectivity index (χ0) is 13.7. The molecule has 2 aromatic carbocycles. The van der Waals surface area contributed by atoms with E-state index < -0.39 is 0 Å². The maximum atomic E-state index is 11.9. The van der Waals surface area contributed by atoms with Gasteiger partial charge in [0.15, 0.2) is 0 Å². The van der Waals surface area contributed by atoms with E-state index in [0.717, 1.165) is 16.8 Å². The molecule has 0 saturated carbocycles. The molecule has 2 aromatic rings. The molecule has 0 aliphatic heterocycles. The lowest BCUT2D eigenvalue weighted by atomic mass is 10.1. The van der Waals surface area contributed by atoms with E-state index in [2.05, 4.69) is 5.32 Å². The molecule has 0 spiro atoms. The van der Waals surface area contributed by atoms with Crippen molar-refractivity contribution in [3.8, 4) is 0 Å². The molecule has 98 valence electrons. The van der Waals surface area contributed by atoms with Crippen LogP contribution in [0, 0.1) is 6.92 Å². The molecule has 19 heavy (non-hydrogen) atoms. The number of halogens is 1. The van der Waals surface area contributed by atoms with Crippen molar-refractivity contribution < 1.29 is 4.79 Å². The molecule has 0 radical (unpaired) electrons. The van der Waals surface area contributed by atoms with Gasteiger partial charge in [0.1, 0.15) is 0 Å². The van der Waals surface area contributed by atoms with Gasteiger partial charge < -0.3 is 5.32 Å². The van der Waals surface area contributed by atoms with E-state index in [1.54, 1.807) is 0 Å². The summed E-state index contributed by atoms with van der Waals surface area (Å²) in [6, 6.07) is 15.4. The molecule has 0 unspecified atom stereocenters. The number of nitrogens with one attached hydrogen (secondary N) is 1. The summed E-state index contributed by atoms with van der Waals surface area (Å²) in [5.41, 5.74) is 3.02. The minimum atomic E-state index is 0.0225.